The maximum atomic E-state index is 12.1. The van der Waals surface area contributed by atoms with Gasteiger partial charge in [0.1, 0.15) is 0 Å². The van der Waals surface area contributed by atoms with Crippen LogP contribution >= 0.6 is 0 Å². The van der Waals surface area contributed by atoms with Crippen LogP contribution in [0.4, 0.5) is 0 Å². The highest BCUT2D eigenvalue weighted by Gasteiger charge is 2.15. The number of amides is 1. The maximum absolute atomic E-state index is 12.1. The van der Waals surface area contributed by atoms with E-state index in [2.05, 4.69) is 15.0 Å². The van der Waals surface area contributed by atoms with E-state index in [-0.39, 0.29) is 29.8 Å². The number of pyridine rings is 1. The summed E-state index contributed by atoms with van der Waals surface area (Å²) >= 11 is 0. The molecule has 0 bridgehead atoms. The Balaban J connectivity index is 1.83. The van der Waals surface area contributed by atoms with E-state index in [1.54, 1.807) is 36.5 Å². The number of aryl methyl sites for hydroxylation is 1. The molecule has 2 N–H and O–H groups in total. The van der Waals surface area contributed by atoms with Gasteiger partial charge in [0.05, 0.1) is 16.6 Å². The van der Waals surface area contributed by atoms with Gasteiger partial charge in [0.25, 0.3) is 0 Å². The second kappa shape index (κ2) is 8.03. The number of nitrogens with zero attached hydrogens (tertiary/aromatic N) is 1. The molecule has 1 heterocycles. The fourth-order valence-corrected chi connectivity index (χ4v) is 3.15. The first-order chi connectivity index (χ1) is 11.4. The van der Waals surface area contributed by atoms with E-state index in [1.807, 2.05) is 26.0 Å². The van der Waals surface area contributed by atoms with Crippen molar-refractivity contribution in [2.45, 2.75) is 31.2 Å². The third-order valence-corrected chi connectivity index (χ3v) is 4.96. The molecule has 0 aliphatic heterocycles. The maximum Gasteiger partial charge on any atom is 0.240 e. The zero-order valence-electron chi connectivity index (χ0n) is 13.7. The number of sulfonamides is 1. The van der Waals surface area contributed by atoms with Crippen molar-refractivity contribution in [1.29, 1.82) is 0 Å². The Morgan fingerprint density at radius 1 is 1.17 bits per heavy atom. The average Bonchev–Trinajstić information content (AvgIpc) is 2.56. The van der Waals surface area contributed by atoms with Gasteiger partial charge in [-0.15, -0.1) is 0 Å². The molecule has 0 aliphatic rings. The number of benzene rings is 1. The quantitative estimate of drug-likeness (QED) is 0.801. The van der Waals surface area contributed by atoms with Crippen molar-refractivity contribution in [2.24, 2.45) is 0 Å². The smallest absolute Gasteiger partial charge is 0.240 e. The van der Waals surface area contributed by atoms with Crippen molar-refractivity contribution < 1.29 is 13.2 Å². The lowest BCUT2D eigenvalue weighted by Gasteiger charge is -2.13. The molecule has 0 saturated carbocycles. The van der Waals surface area contributed by atoms with Crippen molar-refractivity contribution in [3.05, 3.63) is 59.9 Å². The number of hydrogen-bond acceptors (Lipinski definition) is 4. The SMILES string of the molecule is Cc1ccc(S(=O)(=O)NCCC(=O)NC(C)c2ccccn2)cc1. The first-order valence-corrected chi connectivity index (χ1v) is 9.13. The summed E-state index contributed by atoms with van der Waals surface area (Å²) in [4.78, 5) is 16.3. The Labute approximate surface area is 142 Å². The summed E-state index contributed by atoms with van der Waals surface area (Å²) in [7, 11) is -3.60. The van der Waals surface area contributed by atoms with Crippen LogP contribution in [0, 0.1) is 6.92 Å². The number of carbonyl (C=O) groups is 1. The molecule has 1 aromatic carbocycles. The molecule has 0 radical (unpaired) electrons. The van der Waals surface area contributed by atoms with Crippen molar-refractivity contribution >= 4 is 15.9 Å². The molecule has 0 aliphatic carbocycles. The second-order valence-electron chi connectivity index (χ2n) is 5.50. The first-order valence-electron chi connectivity index (χ1n) is 7.65. The van der Waals surface area contributed by atoms with E-state index in [9.17, 15) is 13.2 Å². The van der Waals surface area contributed by atoms with Gasteiger partial charge in [-0.1, -0.05) is 23.8 Å². The van der Waals surface area contributed by atoms with Gasteiger partial charge in [-0.3, -0.25) is 9.78 Å². The van der Waals surface area contributed by atoms with Gasteiger partial charge in [0.2, 0.25) is 15.9 Å². The van der Waals surface area contributed by atoms with Gasteiger partial charge in [-0.05, 0) is 38.1 Å². The molecule has 1 atom stereocenters. The van der Waals surface area contributed by atoms with Gasteiger partial charge in [0, 0.05) is 19.2 Å². The van der Waals surface area contributed by atoms with Crippen LogP contribution in [0.1, 0.15) is 30.6 Å². The summed E-state index contributed by atoms with van der Waals surface area (Å²) in [5.41, 5.74) is 1.74. The highest BCUT2D eigenvalue weighted by atomic mass is 32.2. The molecule has 24 heavy (non-hydrogen) atoms. The van der Waals surface area contributed by atoms with E-state index in [1.165, 1.54) is 0 Å². The Hall–Kier alpha value is -2.25. The van der Waals surface area contributed by atoms with Crippen LogP contribution in [0.5, 0.6) is 0 Å². The third kappa shape index (κ3) is 5.14. The number of hydrogen-bond donors (Lipinski definition) is 2. The number of carbonyl (C=O) groups excluding carboxylic acids is 1. The van der Waals surface area contributed by atoms with E-state index >= 15 is 0 Å². The van der Waals surface area contributed by atoms with Crippen LogP contribution in [0.15, 0.2) is 53.6 Å². The molecule has 1 aromatic heterocycles. The van der Waals surface area contributed by atoms with Crippen molar-refractivity contribution in [3.63, 3.8) is 0 Å². The van der Waals surface area contributed by atoms with Crippen molar-refractivity contribution in [2.75, 3.05) is 6.54 Å². The molecular formula is C17H21N3O3S. The molecular weight excluding hydrogens is 326 g/mol. The summed E-state index contributed by atoms with van der Waals surface area (Å²) in [6.07, 6.45) is 1.72. The van der Waals surface area contributed by atoms with E-state index in [0.717, 1.165) is 11.3 Å². The summed E-state index contributed by atoms with van der Waals surface area (Å²) in [6.45, 7) is 3.75. The van der Waals surface area contributed by atoms with Crippen LogP contribution in [-0.4, -0.2) is 25.9 Å². The molecule has 1 amide bonds. The second-order valence-corrected chi connectivity index (χ2v) is 7.27. The molecule has 6 nitrogen and oxygen atoms in total. The summed E-state index contributed by atoms with van der Waals surface area (Å²) < 4.78 is 26.7. The minimum absolute atomic E-state index is 0.0387. The predicted molar refractivity (Wildman–Crippen MR) is 91.8 cm³/mol. The zero-order valence-corrected chi connectivity index (χ0v) is 14.5. The highest BCUT2D eigenvalue weighted by molar-refractivity contribution is 7.89. The molecule has 1 unspecified atom stereocenters. The normalized spacial score (nSPS) is 12.6. The van der Waals surface area contributed by atoms with Gasteiger partial charge in [-0.2, -0.15) is 0 Å². The van der Waals surface area contributed by atoms with Crippen LogP contribution < -0.4 is 10.0 Å². The fourth-order valence-electron chi connectivity index (χ4n) is 2.12. The lowest BCUT2D eigenvalue weighted by Crippen LogP contribution is -2.32. The van der Waals surface area contributed by atoms with Crippen molar-refractivity contribution in [1.82, 2.24) is 15.0 Å². The van der Waals surface area contributed by atoms with Crippen LogP contribution in [0.25, 0.3) is 0 Å². The Morgan fingerprint density at radius 2 is 1.88 bits per heavy atom. The molecule has 128 valence electrons. The van der Waals surface area contributed by atoms with E-state index in [4.69, 9.17) is 0 Å². The van der Waals surface area contributed by atoms with Gasteiger partial charge >= 0.3 is 0 Å². The largest absolute Gasteiger partial charge is 0.348 e. The first kappa shape index (κ1) is 18.1. The summed E-state index contributed by atoms with van der Waals surface area (Å²) in [5.74, 6) is -0.236. The lowest BCUT2D eigenvalue weighted by molar-refractivity contribution is -0.121. The van der Waals surface area contributed by atoms with Gasteiger partial charge in [-0.25, -0.2) is 13.1 Å². The Morgan fingerprint density at radius 3 is 2.50 bits per heavy atom. The average molecular weight is 347 g/mol. The Kier molecular flexibility index (Phi) is 6.05. The summed E-state index contributed by atoms with van der Waals surface area (Å²) in [5, 5.41) is 2.79. The number of rotatable bonds is 7. The Bertz CT molecular complexity index is 774. The van der Waals surface area contributed by atoms with E-state index in [0.29, 0.717) is 0 Å². The molecule has 2 aromatic rings. The highest BCUT2D eigenvalue weighted by Crippen LogP contribution is 2.10. The molecule has 0 fully saturated rings. The molecule has 2 rings (SSSR count). The summed E-state index contributed by atoms with van der Waals surface area (Å²) in [6, 6.07) is 11.8. The fraction of sp³-hybridized carbons (Fsp3) is 0.294. The molecule has 0 spiro atoms. The minimum Gasteiger partial charge on any atom is -0.348 e. The minimum atomic E-state index is -3.60. The van der Waals surface area contributed by atoms with Crippen LogP contribution in [-0.2, 0) is 14.8 Å². The zero-order chi connectivity index (χ0) is 17.6. The lowest BCUT2D eigenvalue weighted by atomic mass is 10.2. The standard InChI is InChI=1S/C17H21N3O3S/c1-13-6-8-15(9-7-13)24(22,23)19-12-10-17(21)20-14(2)16-5-3-4-11-18-16/h3-9,11,14,19H,10,12H2,1-2H3,(H,20,21). The number of aromatic nitrogens is 1. The van der Waals surface area contributed by atoms with E-state index < -0.39 is 10.0 Å². The van der Waals surface area contributed by atoms with Gasteiger partial charge in [0.15, 0.2) is 0 Å². The van der Waals surface area contributed by atoms with Gasteiger partial charge < -0.3 is 5.32 Å². The monoisotopic (exact) mass is 347 g/mol. The topological polar surface area (TPSA) is 88.2 Å². The molecule has 7 heteroatoms. The van der Waals surface area contributed by atoms with Crippen LogP contribution in [0.2, 0.25) is 0 Å². The van der Waals surface area contributed by atoms with Crippen molar-refractivity contribution in [3.8, 4) is 0 Å². The van der Waals surface area contributed by atoms with Crippen LogP contribution in [0.3, 0.4) is 0 Å². The molecule has 0 saturated heterocycles. The predicted octanol–water partition coefficient (Wildman–Crippen LogP) is 1.94. The number of nitrogens with one attached hydrogen (secondary N) is 2. The third-order valence-electron chi connectivity index (χ3n) is 3.48.